The Morgan fingerprint density at radius 1 is 0.971 bits per heavy atom. The number of rotatable bonds is 10. The Balaban J connectivity index is 1.34. The van der Waals surface area contributed by atoms with Crippen molar-refractivity contribution in [2.75, 3.05) is 17.7 Å². The van der Waals surface area contributed by atoms with Crippen molar-refractivity contribution in [3.8, 4) is 5.75 Å². The van der Waals surface area contributed by atoms with Gasteiger partial charge in [-0.25, -0.2) is 4.79 Å². The number of aromatic nitrogens is 3. The SMILES string of the molecule is CCOC(=O)c1ccc(NC(=O)CSc2nnc(COc3cccc4ccccc34)n2CC)cc1. The third-order valence-corrected chi connectivity index (χ3v) is 6.19. The van der Waals surface area contributed by atoms with E-state index < -0.39 is 0 Å². The molecular formula is C26H26N4O4S. The number of hydrogen-bond acceptors (Lipinski definition) is 7. The van der Waals surface area contributed by atoms with Crippen LogP contribution in [-0.2, 0) is 22.7 Å². The first-order chi connectivity index (χ1) is 17.1. The minimum atomic E-state index is -0.389. The first-order valence-electron chi connectivity index (χ1n) is 11.3. The molecule has 3 aromatic carbocycles. The lowest BCUT2D eigenvalue weighted by molar-refractivity contribution is -0.113. The van der Waals surface area contributed by atoms with Gasteiger partial charge in [0.25, 0.3) is 0 Å². The molecule has 0 saturated heterocycles. The van der Waals surface area contributed by atoms with Gasteiger partial charge in [-0.05, 0) is 49.6 Å². The second kappa shape index (κ2) is 11.5. The molecule has 0 bridgehead atoms. The van der Waals surface area contributed by atoms with Crippen LogP contribution in [0.25, 0.3) is 10.8 Å². The average molecular weight is 491 g/mol. The molecule has 0 aliphatic heterocycles. The zero-order valence-electron chi connectivity index (χ0n) is 19.6. The first kappa shape index (κ1) is 24.3. The fourth-order valence-electron chi connectivity index (χ4n) is 3.55. The number of hydrogen-bond donors (Lipinski definition) is 1. The van der Waals surface area contributed by atoms with Crippen LogP contribution in [0.3, 0.4) is 0 Å². The van der Waals surface area contributed by atoms with E-state index >= 15 is 0 Å². The van der Waals surface area contributed by atoms with Gasteiger partial charge in [0.2, 0.25) is 5.91 Å². The van der Waals surface area contributed by atoms with E-state index in [9.17, 15) is 9.59 Å². The summed E-state index contributed by atoms with van der Waals surface area (Å²) in [5.41, 5.74) is 1.04. The summed E-state index contributed by atoms with van der Waals surface area (Å²) in [6.45, 7) is 4.99. The summed E-state index contributed by atoms with van der Waals surface area (Å²) >= 11 is 1.31. The summed E-state index contributed by atoms with van der Waals surface area (Å²) in [5.74, 6) is 1.08. The molecule has 1 N–H and O–H groups in total. The molecule has 1 amide bonds. The number of fused-ring (bicyclic) bond motifs is 1. The average Bonchev–Trinajstić information content (AvgIpc) is 3.28. The Morgan fingerprint density at radius 3 is 2.51 bits per heavy atom. The smallest absolute Gasteiger partial charge is 0.338 e. The molecule has 4 rings (SSSR count). The molecule has 35 heavy (non-hydrogen) atoms. The lowest BCUT2D eigenvalue weighted by Gasteiger charge is -2.11. The predicted octanol–water partition coefficient (Wildman–Crippen LogP) is 4.94. The van der Waals surface area contributed by atoms with Crippen LogP contribution in [-0.4, -0.2) is 39.0 Å². The highest BCUT2D eigenvalue weighted by atomic mass is 32.2. The summed E-state index contributed by atoms with van der Waals surface area (Å²) < 4.78 is 13.0. The summed E-state index contributed by atoms with van der Waals surface area (Å²) in [5, 5.41) is 14.2. The van der Waals surface area contributed by atoms with E-state index in [1.807, 2.05) is 54.0 Å². The van der Waals surface area contributed by atoms with Crippen molar-refractivity contribution in [3.05, 3.63) is 78.1 Å². The van der Waals surface area contributed by atoms with Crippen LogP contribution >= 0.6 is 11.8 Å². The van der Waals surface area contributed by atoms with Gasteiger partial charge in [0.15, 0.2) is 11.0 Å². The fourth-order valence-corrected chi connectivity index (χ4v) is 4.37. The maximum absolute atomic E-state index is 12.4. The van der Waals surface area contributed by atoms with Crippen molar-refractivity contribution >= 4 is 40.1 Å². The second-order valence-corrected chi connectivity index (χ2v) is 8.49. The van der Waals surface area contributed by atoms with Crippen molar-refractivity contribution in [2.24, 2.45) is 0 Å². The topological polar surface area (TPSA) is 95.3 Å². The molecule has 0 aliphatic carbocycles. The molecule has 0 saturated carbocycles. The fraction of sp³-hybridized carbons (Fsp3) is 0.231. The van der Waals surface area contributed by atoms with Crippen molar-refractivity contribution in [2.45, 2.75) is 32.2 Å². The lowest BCUT2D eigenvalue weighted by Crippen LogP contribution is -2.15. The lowest BCUT2D eigenvalue weighted by atomic mass is 10.1. The summed E-state index contributed by atoms with van der Waals surface area (Å²) in [4.78, 5) is 24.2. The number of esters is 1. The van der Waals surface area contributed by atoms with Crippen LogP contribution in [0.2, 0.25) is 0 Å². The third-order valence-electron chi connectivity index (χ3n) is 5.23. The van der Waals surface area contributed by atoms with Gasteiger partial charge in [0.05, 0.1) is 17.9 Å². The number of nitrogens with one attached hydrogen (secondary N) is 1. The van der Waals surface area contributed by atoms with Crippen molar-refractivity contribution in [3.63, 3.8) is 0 Å². The zero-order valence-corrected chi connectivity index (χ0v) is 20.4. The van der Waals surface area contributed by atoms with Crippen LogP contribution in [0, 0.1) is 0 Å². The molecule has 0 spiro atoms. The van der Waals surface area contributed by atoms with E-state index in [2.05, 4.69) is 15.5 Å². The molecule has 8 nitrogen and oxygen atoms in total. The van der Waals surface area contributed by atoms with Gasteiger partial charge >= 0.3 is 5.97 Å². The Labute approximate surface area is 207 Å². The Morgan fingerprint density at radius 2 is 1.74 bits per heavy atom. The Hall–Kier alpha value is -3.85. The maximum Gasteiger partial charge on any atom is 0.338 e. The molecule has 0 radical (unpaired) electrons. The van der Waals surface area contributed by atoms with Gasteiger partial charge in [-0.3, -0.25) is 4.79 Å². The van der Waals surface area contributed by atoms with Crippen molar-refractivity contribution in [1.82, 2.24) is 14.8 Å². The minimum Gasteiger partial charge on any atom is -0.485 e. The number of thioether (sulfide) groups is 1. The number of ether oxygens (including phenoxy) is 2. The number of amides is 1. The molecule has 1 aromatic heterocycles. The minimum absolute atomic E-state index is 0.169. The van der Waals surface area contributed by atoms with Gasteiger partial charge in [-0.15, -0.1) is 10.2 Å². The van der Waals surface area contributed by atoms with Gasteiger partial charge in [-0.1, -0.05) is 48.2 Å². The quantitative estimate of drug-likeness (QED) is 0.249. The van der Waals surface area contributed by atoms with Gasteiger partial charge in [0, 0.05) is 17.6 Å². The standard InChI is InChI=1S/C26H26N4O4S/c1-3-30-23(16-34-22-11-7-9-18-8-5-6-10-21(18)22)28-29-26(30)35-17-24(31)27-20-14-12-19(13-15-20)25(32)33-4-2/h5-15H,3-4,16-17H2,1-2H3,(H,27,31). The van der Waals surface area contributed by atoms with E-state index in [-0.39, 0.29) is 24.2 Å². The normalized spacial score (nSPS) is 10.8. The molecule has 180 valence electrons. The largest absolute Gasteiger partial charge is 0.485 e. The highest BCUT2D eigenvalue weighted by Crippen LogP contribution is 2.26. The molecule has 9 heteroatoms. The monoisotopic (exact) mass is 490 g/mol. The van der Waals surface area contributed by atoms with Crippen LogP contribution in [0.5, 0.6) is 5.75 Å². The van der Waals surface area contributed by atoms with E-state index in [1.165, 1.54) is 11.8 Å². The number of nitrogens with zero attached hydrogens (tertiary/aromatic N) is 3. The molecular weight excluding hydrogens is 464 g/mol. The summed E-state index contributed by atoms with van der Waals surface area (Å²) in [7, 11) is 0. The Kier molecular flexibility index (Phi) is 7.99. The van der Waals surface area contributed by atoms with E-state index in [0.29, 0.717) is 35.4 Å². The van der Waals surface area contributed by atoms with Crippen molar-refractivity contribution < 1.29 is 19.1 Å². The Bertz CT molecular complexity index is 1320. The van der Waals surface area contributed by atoms with Crippen LogP contribution in [0.4, 0.5) is 5.69 Å². The van der Waals surface area contributed by atoms with E-state index in [0.717, 1.165) is 16.5 Å². The zero-order chi connectivity index (χ0) is 24.6. The highest BCUT2D eigenvalue weighted by molar-refractivity contribution is 7.99. The molecule has 0 fully saturated rings. The number of carbonyl (C=O) groups excluding carboxylic acids is 2. The number of anilines is 1. The highest BCUT2D eigenvalue weighted by Gasteiger charge is 2.15. The molecule has 1 heterocycles. The molecule has 0 unspecified atom stereocenters. The number of benzene rings is 3. The van der Waals surface area contributed by atoms with Gasteiger partial charge in [-0.2, -0.15) is 0 Å². The van der Waals surface area contributed by atoms with Crippen LogP contribution in [0.1, 0.15) is 30.0 Å². The van der Waals surface area contributed by atoms with E-state index in [4.69, 9.17) is 9.47 Å². The number of carbonyl (C=O) groups is 2. The summed E-state index contributed by atoms with van der Waals surface area (Å²) in [6.07, 6.45) is 0. The van der Waals surface area contributed by atoms with E-state index in [1.54, 1.807) is 31.2 Å². The maximum atomic E-state index is 12.4. The van der Waals surface area contributed by atoms with Crippen LogP contribution in [0.15, 0.2) is 71.9 Å². The van der Waals surface area contributed by atoms with Crippen molar-refractivity contribution in [1.29, 1.82) is 0 Å². The van der Waals surface area contributed by atoms with Gasteiger partial charge < -0.3 is 19.4 Å². The second-order valence-electron chi connectivity index (χ2n) is 7.54. The van der Waals surface area contributed by atoms with Gasteiger partial charge in [0.1, 0.15) is 12.4 Å². The molecule has 0 aliphatic rings. The van der Waals surface area contributed by atoms with Crippen LogP contribution < -0.4 is 10.1 Å². The summed E-state index contributed by atoms with van der Waals surface area (Å²) in [6, 6.07) is 20.6. The predicted molar refractivity (Wildman–Crippen MR) is 136 cm³/mol. The third kappa shape index (κ3) is 5.99. The first-order valence-corrected chi connectivity index (χ1v) is 12.3. The molecule has 0 atom stereocenters. The molecule has 4 aromatic rings.